The first-order chi connectivity index (χ1) is 14.6. The Balaban J connectivity index is 1.42. The molecule has 152 valence electrons. The van der Waals surface area contributed by atoms with Gasteiger partial charge in [0.25, 0.3) is 5.91 Å². The van der Waals surface area contributed by atoms with Crippen LogP contribution in [0.2, 0.25) is 10.0 Å². The highest BCUT2D eigenvalue weighted by molar-refractivity contribution is 6.33. The second kappa shape index (κ2) is 9.02. The van der Waals surface area contributed by atoms with Crippen LogP contribution in [0.1, 0.15) is 16.1 Å². The molecule has 2 aromatic carbocycles. The van der Waals surface area contributed by atoms with Crippen LogP contribution in [0.5, 0.6) is 5.75 Å². The summed E-state index contributed by atoms with van der Waals surface area (Å²) in [5, 5.41) is 12.2. The van der Waals surface area contributed by atoms with E-state index in [1.807, 2.05) is 30.3 Å². The van der Waals surface area contributed by atoms with E-state index in [0.29, 0.717) is 28.0 Å². The molecule has 0 saturated carbocycles. The van der Waals surface area contributed by atoms with Gasteiger partial charge in [-0.25, -0.2) is 4.68 Å². The summed E-state index contributed by atoms with van der Waals surface area (Å²) in [6, 6.07) is 18.4. The number of hydrogen-bond donors (Lipinski definition) is 1. The highest BCUT2D eigenvalue weighted by Gasteiger charge is 2.16. The quantitative estimate of drug-likeness (QED) is 0.450. The van der Waals surface area contributed by atoms with Crippen LogP contribution in [0.3, 0.4) is 0 Å². The number of aromatic nitrogens is 4. The molecule has 0 aliphatic heterocycles. The molecular weight excluding hydrogens is 425 g/mol. The molecule has 1 N–H and O–H groups in total. The van der Waals surface area contributed by atoms with Crippen molar-refractivity contribution in [3.05, 3.63) is 94.4 Å². The molecule has 7 nitrogen and oxygen atoms in total. The second-order valence-electron chi connectivity index (χ2n) is 6.41. The second-order valence-corrected chi connectivity index (χ2v) is 7.25. The van der Waals surface area contributed by atoms with Gasteiger partial charge in [0, 0.05) is 17.4 Å². The molecule has 0 radical (unpaired) electrons. The van der Waals surface area contributed by atoms with Gasteiger partial charge in [0.15, 0.2) is 12.5 Å². The molecule has 4 rings (SSSR count). The Bertz CT molecular complexity index is 1140. The maximum absolute atomic E-state index is 12.7. The molecule has 0 atom stereocenters. The van der Waals surface area contributed by atoms with Crippen molar-refractivity contribution in [1.29, 1.82) is 0 Å². The summed E-state index contributed by atoms with van der Waals surface area (Å²) in [5.74, 6) is 0.506. The predicted octanol–water partition coefficient (Wildman–Crippen LogP) is 4.72. The van der Waals surface area contributed by atoms with Crippen molar-refractivity contribution in [3.8, 4) is 5.75 Å². The SMILES string of the molecule is O=C(Nc1nn(Cc2ccccc2)cc1Cl)c1ccnn1COc1ccc(Cl)cc1. The zero-order valence-electron chi connectivity index (χ0n) is 15.7. The lowest BCUT2D eigenvalue weighted by Crippen LogP contribution is -2.20. The lowest BCUT2D eigenvalue weighted by molar-refractivity contribution is 0.100. The number of carbonyl (C=O) groups excluding carboxylic acids is 1. The highest BCUT2D eigenvalue weighted by atomic mass is 35.5. The van der Waals surface area contributed by atoms with Gasteiger partial charge in [-0.3, -0.25) is 9.48 Å². The minimum Gasteiger partial charge on any atom is -0.471 e. The fourth-order valence-corrected chi connectivity index (χ4v) is 3.12. The van der Waals surface area contributed by atoms with Crippen molar-refractivity contribution >= 4 is 34.9 Å². The average molecular weight is 442 g/mol. The van der Waals surface area contributed by atoms with Gasteiger partial charge in [0.1, 0.15) is 16.5 Å². The van der Waals surface area contributed by atoms with Gasteiger partial charge in [-0.1, -0.05) is 53.5 Å². The third-order valence-electron chi connectivity index (χ3n) is 4.25. The topological polar surface area (TPSA) is 74.0 Å². The Morgan fingerprint density at radius 1 is 1.03 bits per heavy atom. The van der Waals surface area contributed by atoms with E-state index in [1.54, 1.807) is 41.2 Å². The largest absolute Gasteiger partial charge is 0.471 e. The first kappa shape index (κ1) is 20.0. The van der Waals surface area contributed by atoms with Crippen molar-refractivity contribution in [1.82, 2.24) is 19.6 Å². The van der Waals surface area contributed by atoms with Gasteiger partial charge in [-0.15, -0.1) is 0 Å². The maximum Gasteiger partial charge on any atom is 0.275 e. The Kier molecular flexibility index (Phi) is 6.02. The number of ether oxygens (including phenoxy) is 1. The van der Waals surface area contributed by atoms with E-state index in [1.165, 1.54) is 10.9 Å². The predicted molar refractivity (Wildman–Crippen MR) is 115 cm³/mol. The summed E-state index contributed by atoms with van der Waals surface area (Å²) in [6.45, 7) is 0.608. The van der Waals surface area contributed by atoms with Crippen molar-refractivity contribution in [2.24, 2.45) is 0 Å². The molecule has 0 fully saturated rings. The van der Waals surface area contributed by atoms with Crippen LogP contribution in [0.4, 0.5) is 5.82 Å². The van der Waals surface area contributed by atoms with Crippen LogP contribution in [-0.4, -0.2) is 25.5 Å². The molecule has 0 aliphatic carbocycles. The maximum atomic E-state index is 12.7. The number of nitrogens with one attached hydrogen (secondary N) is 1. The Morgan fingerprint density at radius 2 is 1.80 bits per heavy atom. The molecule has 1 amide bonds. The van der Waals surface area contributed by atoms with Gasteiger partial charge in [0.05, 0.1) is 6.54 Å². The number of nitrogens with zero attached hydrogens (tertiary/aromatic N) is 4. The van der Waals surface area contributed by atoms with Gasteiger partial charge < -0.3 is 10.1 Å². The normalized spacial score (nSPS) is 10.7. The lowest BCUT2D eigenvalue weighted by Gasteiger charge is -2.09. The number of carbonyl (C=O) groups is 1. The molecule has 2 aromatic heterocycles. The van der Waals surface area contributed by atoms with Gasteiger partial charge in [-0.2, -0.15) is 10.2 Å². The van der Waals surface area contributed by atoms with Crippen molar-refractivity contribution in [2.75, 3.05) is 5.32 Å². The third-order valence-corrected chi connectivity index (χ3v) is 4.78. The Morgan fingerprint density at radius 3 is 2.57 bits per heavy atom. The molecule has 0 saturated heterocycles. The lowest BCUT2D eigenvalue weighted by atomic mass is 10.2. The molecule has 4 aromatic rings. The summed E-state index contributed by atoms with van der Waals surface area (Å²) in [5.41, 5.74) is 1.39. The Hall–Kier alpha value is -3.29. The fourth-order valence-electron chi connectivity index (χ4n) is 2.80. The highest BCUT2D eigenvalue weighted by Crippen LogP contribution is 2.21. The summed E-state index contributed by atoms with van der Waals surface area (Å²) in [6.07, 6.45) is 3.20. The van der Waals surface area contributed by atoms with Crippen LogP contribution in [-0.2, 0) is 13.3 Å². The molecular formula is C21H17Cl2N5O2. The van der Waals surface area contributed by atoms with Gasteiger partial charge >= 0.3 is 0 Å². The standard InChI is InChI=1S/C21H17Cl2N5O2/c22-16-6-8-17(9-7-16)30-14-28-19(10-11-24-28)21(29)25-20-18(23)13-27(26-20)12-15-4-2-1-3-5-15/h1-11,13H,12,14H2,(H,25,26,29). The summed E-state index contributed by atoms with van der Waals surface area (Å²) in [4.78, 5) is 12.7. The molecule has 30 heavy (non-hydrogen) atoms. The van der Waals surface area contributed by atoms with E-state index >= 15 is 0 Å². The minimum absolute atomic E-state index is 0.0631. The number of rotatable bonds is 7. The van der Waals surface area contributed by atoms with Crippen LogP contribution in [0.15, 0.2) is 73.1 Å². The minimum atomic E-state index is -0.390. The van der Waals surface area contributed by atoms with Crippen molar-refractivity contribution < 1.29 is 9.53 Å². The molecule has 0 spiro atoms. The summed E-state index contributed by atoms with van der Waals surface area (Å²) >= 11 is 12.1. The molecule has 9 heteroatoms. The Labute approximate surface area is 182 Å². The smallest absolute Gasteiger partial charge is 0.275 e. The first-order valence-corrected chi connectivity index (χ1v) is 9.82. The zero-order chi connectivity index (χ0) is 20.9. The fraction of sp³-hybridized carbons (Fsp3) is 0.0952. The van der Waals surface area contributed by atoms with E-state index in [0.717, 1.165) is 5.56 Å². The van der Waals surface area contributed by atoms with Crippen LogP contribution in [0, 0.1) is 0 Å². The van der Waals surface area contributed by atoms with Crippen LogP contribution >= 0.6 is 23.2 Å². The van der Waals surface area contributed by atoms with Gasteiger partial charge in [-0.05, 0) is 35.9 Å². The van der Waals surface area contributed by atoms with Crippen molar-refractivity contribution in [2.45, 2.75) is 13.3 Å². The number of hydrogen-bond acceptors (Lipinski definition) is 4. The van der Waals surface area contributed by atoms with Gasteiger partial charge in [0.2, 0.25) is 0 Å². The van der Waals surface area contributed by atoms with E-state index < -0.39 is 0 Å². The first-order valence-electron chi connectivity index (χ1n) is 9.07. The molecule has 0 aliphatic rings. The summed E-state index contributed by atoms with van der Waals surface area (Å²) < 4.78 is 8.77. The monoisotopic (exact) mass is 441 g/mol. The molecule has 2 heterocycles. The van der Waals surface area contributed by atoms with E-state index in [9.17, 15) is 4.79 Å². The molecule has 0 unspecified atom stereocenters. The zero-order valence-corrected chi connectivity index (χ0v) is 17.2. The number of halogens is 2. The summed E-state index contributed by atoms with van der Waals surface area (Å²) in [7, 11) is 0. The third kappa shape index (κ3) is 4.82. The van der Waals surface area contributed by atoms with Crippen LogP contribution in [0.25, 0.3) is 0 Å². The average Bonchev–Trinajstić information content (AvgIpc) is 3.35. The van der Waals surface area contributed by atoms with Crippen molar-refractivity contribution in [3.63, 3.8) is 0 Å². The number of anilines is 1. The van der Waals surface area contributed by atoms with E-state index in [2.05, 4.69) is 15.5 Å². The van der Waals surface area contributed by atoms with E-state index in [-0.39, 0.29) is 18.5 Å². The van der Waals surface area contributed by atoms with E-state index in [4.69, 9.17) is 27.9 Å². The number of benzene rings is 2. The molecule has 0 bridgehead atoms. The number of amides is 1. The van der Waals surface area contributed by atoms with Crippen LogP contribution < -0.4 is 10.1 Å².